The van der Waals surface area contributed by atoms with Crippen LogP contribution in [-0.4, -0.2) is 29.7 Å². The number of nitrogens with one attached hydrogen (secondary N) is 1. The van der Waals surface area contributed by atoms with Gasteiger partial charge in [0, 0.05) is 0 Å². The van der Waals surface area contributed by atoms with Gasteiger partial charge in [0.05, 0.1) is 18.7 Å². The third kappa shape index (κ3) is 5.01. The monoisotopic (exact) mass is 264 g/mol. The molecule has 1 amide bonds. The summed E-state index contributed by atoms with van der Waals surface area (Å²) in [5.41, 5.74) is 6.68. The summed E-state index contributed by atoms with van der Waals surface area (Å²) in [7, 11) is 0. The number of amides is 1. The van der Waals surface area contributed by atoms with Crippen molar-refractivity contribution in [1.29, 1.82) is 0 Å². The van der Waals surface area contributed by atoms with Gasteiger partial charge in [-0.05, 0) is 17.4 Å². The molecule has 0 spiro atoms. The molecule has 0 aromatic heterocycles. The Bertz CT molecular complexity index is 398. The van der Waals surface area contributed by atoms with Crippen molar-refractivity contribution in [3.05, 3.63) is 35.9 Å². The number of benzene rings is 1. The summed E-state index contributed by atoms with van der Waals surface area (Å²) in [6.07, 6.45) is 0.597. The molecule has 0 bridgehead atoms. The molecule has 106 valence electrons. The highest BCUT2D eigenvalue weighted by molar-refractivity contribution is 5.82. The average Bonchev–Trinajstić information content (AvgIpc) is 2.37. The molecule has 1 rings (SSSR count). The second-order valence-corrected chi connectivity index (χ2v) is 5.92. The highest BCUT2D eigenvalue weighted by Gasteiger charge is 2.28. The van der Waals surface area contributed by atoms with E-state index in [1.165, 1.54) is 0 Å². The molecule has 0 unspecified atom stereocenters. The topological polar surface area (TPSA) is 75.4 Å². The molecule has 19 heavy (non-hydrogen) atoms. The summed E-state index contributed by atoms with van der Waals surface area (Å²) >= 11 is 0. The molecular formula is C15H24N2O2. The smallest absolute Gasteiger partial charge is 0.237 e. The Labute approximate surface area is 115 Å². The van der Waals surface area contributed by atoms with E-state index in [4.69, 9.17) is 5.73 Å². The Morgan fingerprint density at radius 3 is 2.37 bits per heavy atom. The molecule has 1 aromatic carbocycles. The summed E-state index contributed by atoms with van der Waals surface area (Å²) in [5.74, 6) is -0.220. The van der Waals surface area contributed by atoms with Gasteiger partial charge in [-0.25, -0.2) is 0 Å². The van der Waals surface area contributed by atoms with E-state index in [-0.39, 0.29) is 24.0 Å². The van der Waals surface area contributed by atoms with Gasteiger partial charge in [-0.3, -0.25) is 4.79 Å². The van der Waals surface area contributed by atoms with E-state index in [1.807, 2.05) is 51.1 Å². The van der Waals surface area contributed by atoms with Crippen LogP contribution < -0.4 is 11.1 Å². The van der Waals surface area contributed by atoms with Gasteiger partial charge in [0.25, 0.3) is 0 Å². The maximum atomic E-state index is 12.0. The molecule has 0 aliphatic heterocycles. The molecule has 0 heterocycles. The fraction of sp³-hybridized carbons (Fsp3) is 0.533. The molecule has 4 N–H and O–H groups in total. The number of nitrogens with two attached hydrogens (primary N) is 1. The van der Waals surface area contributed by atoms with Crippen molar-refractivity contribution in [2.24, 2.45) is 11.1 Å². The Kier molecular flexibility index (Phi) is 5.51. The average molecular weight is 264 g/mol. The van der Waals surface area contributed by atoms with Crippen molar-refractivity contribution in [1.82, 2.24) is 5.32 Å². The molecule has 4 nitrogen and oxygen atoms in total. The minimum atomic E-state index is -0.586. The SMILES string of the molecule is CC(C)(C)[C@H](N)C(=O)N[C@H](CO)Cc1ccccc1. The van der Waals surface area contributed by atoms with Crippen LogP contribution in [0.25, 0.3) is 0 Å². The van der Waals surface area contributed by atoms with Crippen molar-refractivity contribution in [3.63, 3.8) is 0 Å². The second-order valence-electron chi connectivity index (χ2n) is 5.92. The first-order chi connectivity index (χ1) is 8.84. The van der Waals surface area contributed by atoms with Crippen LogP contribution >= 0.6 is 0 Å². The van der Waals surface area contributed by atoms with Crippen LogP contribution in [0.5, 0.6) is 0 Å². The number of carbonyl (C=O) groups excluding carboxylic acids is 1. The van der Waals surface area contributed by atoms with Gasteiger partial charge in [0.2, 0.25) is 5.91 Å². The van der Waals surface area contributed by atoms with E-state index >= 15 is 0 Å². The molecular weight excluding hydrogens is 240 g/mol. The first-order valence-electron chi connectivity index (χ1n) is 6.55. The maximum Gasteiger partial charge on any atom is 0.237 e. The van der Waals surface area contributed by atoms with Gasteiger partial charge in [0.15, 0.2) is 0 Å². The number of aliphatic hydroxyl groups is 1. The molecule has 2 atom stereocenters. The number of hydrogen-bond donors (Lipinski definition) is 3. The van der Waals surface area contributed by atoms with E-state index in [1.54, 1.807) is 0 Å². The highest BCUT2D eigenvalue weighted by Crippen LogP contribution is 2.17. The van der Waals surface area contributed by atoms with Crippen LogP contribution in [0.3, 0.4) is 0 Å². The lowest BCUT2D eigenvalue weighted by Gasteiger charge is -2.28. The van der Waals surface area contributed by atoms with Crippen molar-refractivity contribution in [3.8, 4) is 0 Å². The predicted molar refractivity (Wildman–Crippen MR) is 76.6 cm³/mol. The molecule has 0 radical (unpaired) electrons. The van der Waals surface area contributed by atoms with E-state index in [0.717, 1.165) is 5.56 Å². The zero-order chi connectivity index (χ0) is 14.5. The lowest BCUT2D eigenvalue weighted by molar-refractivity contribution is -0.125. The summed E-state index contributed by atoms with van der Waals surface area (Å²) < 4.78 is 0. The summed E-state index contributed by atoms with van der Waals surface area (Å²) in [5, 5.41) is 12.2. The molecule has 0 aliphatic carbocycles. The van der Waals surface area contributed by atoms with Gasteiger partial charge in [0.1, 0.15) is 0 Å². The normalized spacial score (nSPS) is 14.8. The van der Waals surface area contributed by atoms with Crippen LogP contribution in [0, 0.1) is 5.41 Å². The van der Waals surface area contributed by atoms with Crippen LogP contribution in [0.4, 0.5) is 0 Å². The predicted octanol–water partition coefficient (Wildman–Crippen LogP) is 1.08. The van der Waals surface area contributed by atoms with Crippen molar-refractivity contribution in [2.75, 3.05) is 6.61 Å². The van der Waals surface area contributed by atoms with Gasteiger partial charge >= 0.3 is 0 Å². The molecule has 0 saturated heterocycles. The van der Waals surface area contributed by atoms with Crippen LogP contribution in [0.15, 0.2) is 30.3 Å². The zero-order valence-electron chi connectivity index (χ0n) is 11.9. The first-order valence-corrected chi connectivity index (χ1v) is 6.55. The summed E-state index contributed by atoms with van der Waals surface area (Å²) in [6, 6.07) is 8.86. The van der Waals surface area contributed by atoms with E-state index in [2.05, 4.69) is 5.32 Å². The van der Waals surface area contributed by atoms with E-state index in [9.17, 15) is 9.90 Å². The highest BCUT2D eigenvalue weighted by atomic mass is 16.3. The number of aliphatic hydroxyl groups excluding tert-OH is 1. The van der Waals surface area contributed by atoms with Gasteiger partial charge in [-0.2, -0.15) is 0 Å². The molecule has 4 heteroatoms. The fourth-order valence-electron chi connectivity index (χ4n) is 1.74. The van der Waals surface area contributed by atoms with Gasteiger partial charge < -0.3 is 16.2 Å². The Morgan fingerprint density at radius 1 is 1.32 bits per heavy atom. The zero-order valence-corrected chi connectivity index (χ0v) is 11.9. The Balaban J connectivity index is 2.60. The van der Waals surface area contributed by atoms with Crippen molar-refractivity contribution >= 4 is 5.91 Å². The van der Waals surface area contributed by atoms with Gasteiger partial charge in [-0.15, -0.1) is 0 Å². The third-order valence-electron chi connectivity index (χ3n) is 3.11. The standard InChI is InChI=1S/C15H24N2O2/c1-15(2,3)13(16)14(19)17-12(10-18)9-11-7-5-4-6-8-11/h4-8,12-13,18H,9-10,16H2,1-3H3,(H,17,19)/t12-,13+/m0/s1. The Morgan fingerprint density at radius 2 is 1.89 bits per heavy atom. The minimum absolute atomic E-state index is 0.0997. The van der Waals surface area contributed by atoms with Crippen LogP contribution in [0.1, 0.15) is 26.3 Å². The van der Waals surface area contributed by atoms with Gasteiger partial charge in [-0.1, -0.05) is 51.1 Å². The summed E-state index contributed by atoms with van der Waals surface area (Å²) in [6.45, 7) is 5.66. The van der Waals surface area contributed by atoms with Crippen LogP contribution in [-0.2, 0) is 11.2 Å². The summed E-state index contributed by atoms with van der Waals surface area (Å²) in [4.78, 5) is 12.0. The van der Waals surface area contributed by atoms with Crippen molar-refractivity contribution in [2.45, 2.75) is 39.3 Å². The lowest BCUT2D eigenvalue weighted by atomic mass is 9.86. The number of hydrogen-bond acceptors (Lipinski definition) is 3. The maximum absolute atomic E-state index is 12.0. The molecule has 1 aromatic rings. The first kappa shape index (κ1) is 15.7. The van der Waals surface area contributed by atoms with Crippen LogP contribution in [0.2, 0.25) is 0 Å². The molecule has 0 aliphatic rings. The fourth-order valence-corrected chi connectivity index (χ4v) is 1.74. The molecule has 0 fully saturated rings. The Hall–Kier alpha value is -1.39. The van der Waals surface area contributed by atoms with E-state index in [0.29, 0.717) is 6.42 Å². The van der Waals surface area contributed by atoms with E-state index < -0.39 is 6.04 Å². The third-order valence-corrected chi connectivity index (χ3v) is 3.11. The minimum Gasteiger partial charge on any atom is -0.394 e. The second kappa shape index (κ2) is 6.68. The van der Waals surface area contributed by atoms with Crippen molar-refractivity contribution < 1.29 is 9.90 Å². The largest absolute Gasteiger partial charge is 0.394 e. The lowest BCUT2D eigenvalue weighted by Crippen LogP contribution is -2.52. The number of carbonyl (C=O) groups is 1. The quantitative estimate of drug-likeness (QED) is 0.745. The molecule has 0 saturated carbocycles. The number of rotatable bonds is 5.